The van der Waals surface area contributed by atoms with Crippen LogP contribution in [0, 0.1) is 0 Å². The Balaban J connectivity index is 1.51. The van der Waals surface area contributed by atoms with Crippen molar-refractivity contribution in [2.75, 3.05) is 0 Å². The van der Waals surface area contributed by atoms with Gasteiger partial charge in [-0.2, -0.15) is 4.98 Å². The van der Waals surface area contributed by atoms with E-state index in [2.05, 4.69) is 25.1 Å². The minimum atomic E-state index is -0.206. The largest absolute Gasteiger partial charge is 0.339 e. The van der Waals surface area contributed by atoms with Crippen LogP contribution in [0.3, 0.4) is 0 Å². The van der Waals surface area contributed by atoms with Crippen molar-refractivity contribution in [1.82, 2.24) is 29.7 Å². The van der Waals surface area contributed by atoms with Crippen LogP contribution in [0.2, 0.25) is 0 Å². The number of fused-ring (bicyclic) bond motifs is 1. The number of aromatic nitrogens is 6. The van der Waals surface area contributed by atoms with Gasteiger partial charge in [-0.25, -0.2) is 15.0 Å². The van der Waals surface area contributed by atoms with E-state index in [0.717, 1.165) is 18.7 Å². The smallest absolute Gasteiger partial charge is 0.281 e. The Morgan fingerprint density at radius 1 is 1.17 bits per heavy atom. The lowest BCUT2D eigenvalue weighted by molar-refractivity contribution is 0.349. The summed E-state index contributed by atoms with van der Waals surface area (Å²) in [6, 6.07) is 0. The van der Waals surface area contributed by atoms with Crippen molar-refractivity contribution < 1.29 is 4.52 Å². The number of aryl methyl sites for hydroxylation is 2. The van der Waals surface area contributed by atoms with Gasteiger partial charge in [-0.15, -0.1) is 0 Å². The maximum atomic E-state index is 12.3. The Morgan fingerprint density at radius 2 is 2.00 bits per heavy atom. The van der Waals surface area contributed by atoms with Gasteiger partial charge in [0.15, 0.2) is 17.0 Å². The minimum absolute atomic E-state index is 0.206. The molecule has 0 amide bonds. The van der Waals surface area contributed by atoms with E-state index >= 15 is 0 Å². The molecule has 1 fully saturated rings. The van der Waals surface area contributed by atoms with E-state index in [9.17, 15) is 4.79 Å². The van der Waals surface area contributed by atoms with Crippen molar-refractivity contribution in [3.8, 4) is 0 Å². The lowest BCUT2D eigenvalue weighted by Gasteiger charge is -2.03. The quantitative estimate of drug-likeness (QED) is 0.719. The van der Waals surface area contributed by atoms with Gasteiger partial charge in [0.05, 0.1) is 0 Å². The molecule has 1 aliphatic carbocycles. The second-order valence-corrected chi connectivity index (χ2v) is 5.75. The molecular formula is C15H16N6O2. The highest BCUT2D eigenvalue weighted by Gasteiger charge is 2.22. The summed E-state index contributed by atoms with van der Waals surface area (Å²) in [7, 11) is 0. The van der Waals surface area contributed by atoms with Crippen LogP contribution in [0.25, 0.3) is 11.2 Å². The van der Waals surface area contributed by atoms with Crippen molar-refractivity contribution in [3.05, 3.63) is 40.8 Å². The number of rotatable bonds is 4. The molecule has 0 radical (unpaired) electrons. The van der Waals surface area contributed by atoms with E-state index in [4.69, 9.17) is 4.52 Å². The Morgan fingerprint density at radius 3 is 2.87 bits per heavy atom. The average Bonchev–Trinajstić information content (AvgIpc) is 3.26. The Hall–Kier alpha value is -2.64. The van der Waals surface area contributed by atoms with Crippen LogP contribution < -0.4 is 5.56 Å². The van der Waals surface area contributed by atoms with E-state index < -0.39 is 0 Å². The summed E-state index contributed by atoms with van der Waals surface area (Å²) in [5.41, 5.74) is 0.425. The highest BCUT2D eigenvalue weighted by Crippen LogP contribution is 2.32. The van der Waals surface area contributed by atoms with E-state index in [1.807, 2.05) is 0 Å². The Labute approximate surface area is 131 Å². The number of hydrogen-bond donors (Lipinski definition) is 0. The number of hydrogen-bond acceptors (Lipinski definition) is 7. The maximum absolute atomic E-state index is 12.3. The van der Waals surface area contributed by atoms with Crippen molar-refractivity contribution in [2.45, 2.75) is 44.6 Å². The van der Waals surface area contributed by atoms with E-state index in [1.54, 1.807) is 0 Å². The molecule has 0 unspecified atom stereocenters. The first-order valence-electron chi connectivity index (χ1n) is 7.80. The molecule has 0 bridgehead atoms. The standard InChI is InChI=1S/C15H16N6O2/c22-15-12-13(17-7-6-16-12)18-9-21(15)8-5-11-19-14(23-20-11)10-3-1-2-4-10/h6-7,9-10H,1-5,8H2. The fraction of sp³-hybridized carbons (Fsp3) is 0.467. The van der Waals surface area contributed by atoms with Gasteiger partial charge in [-0.1, -0.05) is 18.0 Å². The van der Waals surface area contributed by atoms with Gasteiger partial charge in [0.25, 0.3) is 5.56 Å². The van der Waals surface area contributed by atoms with Crippen molar-refractivity contribution in [2.24, 2.45) is 0 Å². The van der Waals surface area contributed by atoms with Crippen molar-refractivity contribution >= 4 is 11.2 Å². The molecule has 3 heterocycles. The first-order chi connectivity index (χ1) is 11.3. The van der Waals surface area contributed by atoms with Crippen molar-refractivity contribution in [3.63, 3.8) is 0 Å². The molecule has 118 valence electrons. The lowest BCUT2D eigenvalue weighted by atomic mass is 10.1. The van der Waals surface area contributed by atoms with Crippen LogP contribution in [0.4, 0.5) is 0 Å². The Bertz CT molecular complexity index is 881. The fourth-order valence-electron chi connectivity index (χ4n) is 2.98. The molecule has 8 heteroatoms. The molecule has 3 aromatic heterocycles. The van der Waals surface area contributed by atoms with Gasteiger partial charge < -0.3 is 4.52 Å². The van der Waals surface area contributed by atoms with Gasteiger partial charge in [-0.3, -0.25) is 9.36 Å². The van der Waals surface area contributed by atoms with Crippen LogP contribution in [-0.2, 0) is 13.0 Å². The summed E-state index contributed by atoms with van der Waals surface area (Å²) in [5, 5.41) is 4.02. The molecule has 1 saturated carbocycles. The summed E-state index contributed by atoms with van der Waals surface area (Å²) >= 11 is 0. The van der Waals surface area contributed by atoms with Crippen LogP contribution >= 0.6 is 0 Å². The highest BCUT2D eigenvalue weighted by molar-refractivity contribution is 5.66. The minimum Gasteiger partial charge on any atom is -0.339 e. The molecule has 1 aliphatic rings. The summed E-state index contributed by atoms with van der Waals surface area (Å²) in [5.74, 6) is 1.75. The molecule has 0 spiro atoms. The zero-order valence-corrected chi connectivity index (χ0v) is 12.6. The first-order valence-corrected chi connectivity index (χ1v) is 7.80. The van der Waals surface area contributed by atoms with Crippen LogP contribution in [0.5, 0.6) is 0 Å². The SMILES string of the molecule is O=c1c2nccnc2ncn1CCc1noc(C2CCCC2)n1. The van der Waals surface area contributed by atoms with E-state index in [-0.39, 0.29) is 11.1 Å². The third kappa shape index (κ3) is 2.71. The van der Waals surface area contributed by atoms with E-state index in [0.29, 0.717) is 30.4 Å². The monoisotopic (exact) mass is 312 g/mol. The predicted octanol–water partition coefficient (Wildman–Crippen LogP) is 1.47. The molecule has 3 aromatic rings. The van der Waals surface area contributed by atoms with Crippen LogP contribution in [0.1, 0.15) is 43.3 Å². The fourth-order valence-corrected chi connectivity index (χ4v) is 2.98. The molecular weight excluding hydrogens is 296 g/mol. The molecule has 0 saturated heterocycles. The van der Waals surface area contributed by atoms with E-state index in [1.165, 1.54) is 36.1 Å². The van der Waals surface area contributed by atoms with Gasteiger partial charge in [0, 0.05) is 31.3 Å². The molecule has 8 nitrogen and oxygen atoms in total. The third-order valence-electron chi connectivity index (χ3n) is 4.23. The number of nitrogens with zero attached hydrogens (tertiary/aromatic N) is 6. The molecule has 23 heavy (non-hydrogen) atoms. The van der Waals surface area contributed by atoms with Gasteiger partial charge in [0.2, 0.25) is 5.89 Å². The maximum Gasteiger partial charge on any atom is 0.281 e. The highest BCUT2D eigenvalue weighted by atomic mass is 16.5. The third-order valence-corrected chi connectivity index (χ3v) is 4.23. The normalized spacial score (nSPS) is 15.5. The second-order valence-electron chi connectivity index (χ2n) is 5.75. The van der Waals surface area contributed by atoms with Crippen LogP contribution in [0.15, 0.2) is 28.0 Å². The molecule has 0 aromatic carbocycles. The molecule has 4 rings (SSSR count). The van der Waals surface area contributed by atoms with Crippen LogP contribution in [-0.4, -0.2) is 29.7 Å². The summed E-state index contributed by atoms with van der Waals surface area (Å²) in [4.78, 5) is 29.0. The zero-order valence-electron chi connectivity index (χ0n) is 12.6. The zero-order chi connectivity index (χ0) is 15.6. The van der Waals surface area contributed by atoms with Gasteiger partial charge >= 0.3 is 0 Å². The average molecular weight is 312 g/mol. The second kappa shape index (κ2) is 5.86. The Kier molecular flexibility index (Phi) is 3.57. The molecule has 0 atom stereocenters. The van der Waals surface area contributed by atoms with Crippen molar-refractivity contribution in [1.29, 1.82) is 0 Å². The summed E-state index contributed by atoms with van der Waals surface area (Å²) in [6.07, 6.45) is 9.69. The first kappa shape index (κ1) is 14.0. The van der Waals surface area contributed by atoms with Gasteiger partial charge in [0.1, 0.15) is 6.33 Å². The van der Waals surface area contributed by atoms with Gasteiger partial charge in [-0.05, 0) is 12.8 Å². The summed E-state index contributed by atoms with van der Waals surface area (Å²) in [6.45, 7) is 0.433. The summed E-state index contributed by atoms with van der Waals surface area (Å²) < 4.78 is 6.85. The predicted molar refractivity (Wildman–Crippen MR) is 80.8 cm³/mol. The topological polar surface area (TPSA) is 99.6 Å². The molecule has 0 N–H and O–H groups in total. The molecule has 0 aliphatic heterocycles. The lowest BCUT2D eigenvalue weighted by Crippen LogP contribution is -2.22.